The van der Waals surface area contributed by atoms with Gasteiger partial charge in [0.25, 0.3) is 0 Å². The minimum atomic E-state index is -0.414. The zero-order valence-corrected chi connectivity index (χ0v) is 23.1. The van der Waals surface area contributed by atoms with Gasteiger partial charge in [-0.3, -0.25) is 4.79 Å². The van der Waals surface area contributed by atoms with Crippen molar-refractivity contribution in [2.75, 3.05) is 0 Å². The number of hydrogen-bond donors (Lipinski definition) is 0. The van der Waals surface area contributed by atoms with E-state index in [0.717, 1.165) is 22.3 Å². The summed E-state index contributed by atoms with van der Waals surface area (Å²) in [4.78, 5) is 24.3. The van der Waals surface area contributed by atoms with Gasteiger partial charge in [-0.25, -0.2) is 0 Å². The topological polar surface area (TPSA) is 92.7 Å². The highest BCUT2D eigenvalue weighted by Crippen LogP contribution is 2.30. The molecule has 0 spiro atoms. The predicted octanol–water partition coefficient (Wildman–Crippen LogP) is 8.51. The summed E-state index contributed by atoms with van der Waals surface area (Å²) in [5, 5.41) is 0. The first kappa shape index (κ1) is 27.2. The number of aromatic nitrogens is 3. The van der Waals surface area contributed by atoms with Gasteiger partial charge in [-0.05, 0) is 70.8 Å². The number of benzene rings is 5. The summed E-state index contributed by atoms with van der Waals surface area (Å²) in [6.45, 7) is 1.34. The molecule has 210 valence electrons. The van der Waals surface area contributed by atoms with E-state index < -0.39 is 5.97 Å². The third kappa shape index (κ3) is 7.20. The van der Waals surface area contributed by atoms with E-state index in [2.05, 4.69) is 15.0 Å². The lowest BCUT2D eigenvalue weighted by Crippen LogP contribution is -2.02. The molecule has 43 heavy (non-hydrogen) atoms. The molecule has 0 unspecified atom stereocenters. The van der Waals surface area contributed by atoms with Crippen molar-refractivity contribution in [3.63, 3.8) is 0 Å². The van der Waals surface area contributed by atoms with Crippen molar-refractivity contribution in [3.05, 3.63) is 133 Å². The quantitative estimate of drug-likeness (QED) is 0.127. The van der Waals surface area contributed by atoms with E-state index in [1.165, 1.54) is 6.92 Å². The van der Waals surface area contributed by atoms with Crippen LogP contribution in [0.3, 0.4) is 0 Å². The Hall–Kier alpha value is -6.02. The predicted molar refractivity (Wildman–Crippen MR) is 162 cm³/mol. The standard InChI is InChI=1S/C35H25N3O5/c1-24(39)40-29-20-22-32(23-21-29)43-35-37-33(41-30-16-12-27(13-17-30)25-8-4-2-5-9-25)36-34(38-35)42-31-18-14-28(15-19-31)26-10-6-3-7-11-26/h2-23H,1H3. The highest BCUT2D eigenvalue weighted by molar-refractivity contribution is 5.69. The van der Waals surface area contributed by atoms with Crippen LogP contribution in [0.5, 0.6) is 41.0 Å². The van der Waals surface area contributed by atoms with Gasteiger partial charge in [0.1, 0.15) is 23.0 Å². The van der Waals surface area contributed by atoms with Crippen LogP contribution in [0.1, 0.15) is 6.92 Å². The lowest BCUT2D eigenvalue weighted by Gasteiger charge is -2.11. The van der Waals surface area contributed by atoms with Crippen LogP contribution in [0, 0.1) is 0 Å². The van der Waals surface area contributed by atoms with Gasteiger partial charge in [-0.1, -0.05) is 84.9 Å². The number of carbonyl (C=O) groups excluding carboxylic acids is 1. The average Bonchev–Trinajstić information content (AvgIpc) is 3.03. The Kier molecular flexibility index (Phi) is 8.00. The molecular weight excluding hydrogens is 542 g/mol. The van der Waals surface area contributed by atoms with Crippen LogP contribution in [-0.2, 0) is 4.79 Å². The summed E-state index contributed by atoms with van der Waals surface area (Å²) < 4.78 is 22.9. The molecule has 0 aliphatic carbocycles. The van der Waals surface area contributed by atoms with E-state index in [1.807, 2.05) is 109 Å². The minimum absolute atomic E-state index is 0.00935. The van der Waals surface area contributed by atoms with Crippen LogP contribution < -0.4 is 18.9 Å². The molecule has 0 fully saturated rings. The van der Waals surface area contributed by atoms with Crippen LogP contribution in [0.4, 0.5) is 0 Å². The normalized spacial score (nSPS) is 10.5. The Bertz CT molecular complexity index is 1710. The first-order valence-electron chi connectivity index (χ1n) is 13.5. The van der Waals surface area contributed by atoms with Crippen molar-refractivity contribution in [3.8, 4) is 63.3 Å². The summed E-state index contributed by atoms with van der Waals surface area (Å²) in [6, 6.07) is 41.7. The molecule has 0 bridgehead atoms. The fraction of sp³-hybridized carbons (Fsp3) is 0.0286. The minimum Gasteiger partial charge on any atom is -0.427 e. The summed E-state index contributed by atoms with van der Waals surface area (Å²) in [6.07, 6.45) is 0. The van der Waals surface area contributed by atoms with E-state index in [0.29, 0.717) is 23.0 Å². The number of rotatable bonds is 9. The van der Waals surface area contributed by atoms with Gasteiger partial charge < -0.3 is 18.9 Å². The molecule has 1 heterocycles. The highest BCUT2D eigenvalue weighted by Gasteiger charge is 2.14. The highest BCUT2D eigenvalue weighted by atomic mass is 16.5. The molecule has 0 saturated carbocycles. The van der Waals surface area contributed by atoms with Crippen molar-refractivity contribution >= 4 is 5.97 Å². The Morgan fingerprint density at radius 3 is 1.07 bits per heavy atom. The third-order valence-electron chi connectivity index (χ3n) is 6.21. The van der Waals surface area contributed by atoms with Crippen molar-refractivity contribution in [2.45, 2.75) is 6.92 Å². The number of ether oxygens (including phenoxy) is 4. The number of hydrogen-bond acceptors (Lipinski definition) is 8. The third-order valence-corrected chi connectivity index (χ3v) is 6.21. The fourth-order valence-corrected chi connectivity index (χ4v) is 4.21. The zero-order valence-electron chi connectivity index (χ0n) is 23.1. The monoisotopic (exact) mass is 567 g/mol. The first-order chi connectivity index (χ1) is 21.1. The second-order valence-corrected chi connectivity index (χ2v) is 9.34. The summed E-state index contributed by atoms with van der Waals surface area (Å²) in [5.74, 6) is 1.45. The molecule has 0 amide bonds. The summed E-state index contributed by atoms with van der Waals surface area (Å²) >= 11 is 0. The van der Waals surface area contributed by atoms with Crippen LogP contribution in [0.15, 0.2) is 133 Å². The molecule has 8 heteroatoms. The Morgan fingerprint density at radius 1 is 0.419 bits per heavy atom. The van der Waals surface area contributed by atoms with Crippen LogP contribution >= 0.6 is 0 Å². The first-order valence-corrected chi connectivity index (χ1v) is 13.5. The van der Waals surface area contributed by atoms with Crippen molar-refractivity contribution in [1.29, 1.82) is 0 Å². The van der Waals surface area contributed by atoms with Gasteiger partial charge >= 0.3 is 24.0 Å². The molecule has 0 atom stereocenters. The van der Waals surface area contributed by atoms with Crippen molar-refractivity contribution in [2.24, 2.45) is 0 Å². The van der Waals surface area contributed by atoms with Gasteiger partial charge in [-0.2, -0.15) is 0 Å². The second kappa shape index (κ2) is 12.7. The zero-order chi connectivity index (χ0) is 29.4. The largest absolute Gasteiger partial charge is 0.427 e. The molecule has 0 aliphatic heterocycles. The Balaban J connectivity index is 1.25. The van der Waals surface area contributed by atoms with Gasteiger partial charge in [0.15, 0.2) is 0 Å². The molecule has 6 aromatic rings. The van der Waals surface area contributed by atoms with Gasteiger partial charge in [0.2, 0.25) is 0 Å². The van der Waals surface area contributed by atoms with Gasteiger partial charge in [0.05, 0.1) is 0 Å². The lowest BCUT2D eigenvalue weighted by atomic mass is 10.1. The fourth-order valence-electron chi connectivity index (χ4n) is 4.21. The molecule has 0 N–H and O–H groups in total. The van der Waals surface area contributed by atoms with Crippen LogP contribution in [0.2, 0.25) is 0 Å². The average molecular weight is 568 g/mol. The lowest BCUT2D eigenvalue weighted by molar-refractivity contribution is -0.131. The maximum atomic E-state index is 11.2. The van der Waals surface area contributed by atoms with Gasteiger partial charge in [-0.15, -0.1) is 15.0 Å². The number of esters is 1. The SMILES string of the molecule is CC(=O)Oc1ccc(Oc2nc(Oc3ccc(-c4ccccc4)cc3)nc(Oc3ccc(-c4ccccc4)cc3)n2)cc1. The summed E-state index contributed by atoms with van der Waals surface area (Å²) in [5.41, 5.74) is 4.29. The Labute approximate surface area is 248 Å². The van der Waals surface area contributed by atoms with E-state index in [1.54, 1.807) is 24.3 Å². The van der Waals surface area contributed by atoms with Crippen LogP contribution in [-0.4, -0.2) is 20.9 Å². The summed E-state index contributed by atoms with van der Waals surface area (Å²) in [7, 11) is 0. The molecule has 0 aliphatic rings. The number of nitrogens with zero attached hydrogens (tertiary/aromatic N) is 3. The van der Waals surface area contributed by atoms with E-state index >= 15 is 0 Å². The second-order valence-electron chi connectivity index (χ2n) is 9.34. The molecule has 6 rings (SSSR count). The van der Waals surface area contributed by atoms with Crippen LogP contribution in [0.25, 0.3) is 22.3 Å². The number of carbonyl (C=O) groups is 1. The van der Waals surface area contributed by atoms with Crippen molar-refractivity contribution < 1.29 is 23.7 Å². The van der Waals surface area contributed by atoms with E-state index in [-0.39, 0.29) is 18.0 Å². The maximum Gasteiger partial charge on any atom is 0.331 e. The van der Waals surface area contributed by atoms with Gasteiger partial charge in [0, 0.05) is 6.92 Å². The maximum absolute atomic E-state index is 11.2. The molecular formula is C35H25N3O5. The van der Waals surface area contributed by atoms with Crippen molar-refractivity contribution in [1.82, 2.24) is 15.0 Å². The molecule has 8 nitrogen and oxygen atoms in total. The Morgan fingerprint density at radius 2 is 0.721 bits per heavy atom. The molecule has 0 saturated heterocycles. The van der Waals surface area contributed by atoms with E-state index in [9.17, 15) is 4.79 Å². The molecule has 5 aromatic carbocycles. The smallest absolute Gasteiger partial charge is 0.331 e. The molecule has 0 radical (unpaired) electrons. The van der Waals surface area contributed by atoms with E-state index in [4.69, 9.17) is 18.9 Å². The molecule has 1 aromatic heterocycles.